The lowest BCUT2D eigenvalue weighted by molar-refractivity contribution is -0.128. The number of nitrogens with zero attached hydrogens (tertiary/aromatic N) is 2. The second kappa shape index (κ2) is 7.24. The molecule has 1 aliphatic heterocycles. The summed E-state index contributed by atoms with van der Waals surface area (Å²) in [6, 6.07) is 15.0. The summed E-state index contributed by atoms with van der Waals surface area (Å²) in [6.45, 7) is 6.00. The largest absolute Gasteiger partial charge is 0.300 e. The van der Waals surface area contributed by atoms with Crippen molar-refractivity contribution in [3.05, 3.63) is 81.5 Å². The fourth-order valence-electron chi connectivity index (χ4n) is 3.83. The Labute approximate surface area is 169 Å². The molecule has 1 fully saturated rings. The zero-order chi connectivity index (χ0) is 19.8. The van der Waals surface area contributed by atoms with Crippen molar-refractivity contribution in [1.29, 1.82) is 0 Å². The van der Waals surface area contributed by atoms with Crippen molar-refractivity contribution < 1.29 is 9.59 Å². The van der Waals surface area contributed by atoms with Crippen LogP contribution in [0.25, 0.3) is 0 Å². The highest BCUT2D eigenvalue weighted by Crippen LogP contribution is 2.37. The Kier molecular flexibility index (Phi) is 4.77. The summed E-state index contributed by atoms with van der Waals surface area (Å²) in [6.07, 6.45) is 0. The summed E-state index contributed by atoms with van der Waals surface area (Å²) in [4.78, 5) is 30.2. The van der Waals surface area contributed by atoms with Crippen LogP contribution in [0.1, 0.15) is 28.3 Å². The van der Waals surface area contributed by atoms with Gasteiger partial charge in [0.15, 0.2) is 0 Å². The van der Waals surface area contributed by atoms with Crippen LogP contribution in [0.2, 0.25) is 0 Å². The molecule has 4 rings (SSSR count). The van der Waals surface area contributed by atoms with E-state index in [4.69, 9.17) is 0 Å². The minimum atomic E-state index is -0.658. The van der Waals surface area contributed by atoms with Gasteiger partial charge in [-0.15, -0.1) is 0 Å². The maximum atomic E-state index is 13.7. The molecule has 4 nitrogen and oxygen atoms in total. The molecule has 3 aromatic rings. The number of anilines is 2. The molecule has 5 heteroatoms. The Morgan fingerprint density at radius 2 is 1.61 bits per heavy atom. The van der Waals surface area contributed by atoms with Crippen molar-refractivity contribution in [2.24, 2.45) is 0 Å². The molecule has 2 heterocycles. The van der Waals surface area contributed by atoms with E-state index in [1.54, 1.807) is 9.80 Å². The highest BCUT2D eigenvalue weighted by atomic mass is 32.1. The number of piperazine rings is 1. The molecular formula is C23H22N2O2S. The van der Waals surface area contributed by atoms with Crippen molar-refractivity contribution in [2.75, 3.05) is 16.3 Å². The van der Waals surface area contributed by atoms with Gasteiger partial charge in [-0.05, 0) is 66.4 Å². The van der Waals surface area contributed by atoms with E-state index in [2.05, 4.69) is 0 Å². The fourth-order valence-corrected chi connectivity index (χ4v) is 4.51. The van der Waals surface area contributed by atoms with Gasteiger partial charge in [0.1, 0.15) is 12.6 Å². The van der Waals surface area contributed by atoms with Crippen LogP contribution in [0.3, 0.4) is 0 Å². The molecule has 0 N–H and O–H groups in total. The minimum absolute atomic E-state index is 0.0407. The molecule has 28 heavy (non-hydrogen) atoms. The number of aryl methyl sites for hydroxylation is 3. The number of amides is 2. The summed E-state index contributed by atoms with van der Waals surface area (Å²) >= 11 is 1.53. The Bertz CT molecular complexity index is 1010. The van der Waals surface area contributed by atoms with Crippen molar-refractivity contribution in [3.63, 3.8) is 0 Å². The third-order valence-electron chi connectivity index (χ3n) is 5.20. The minimum Gasteiger partial charge on any atom is -0.300 e. The molecule has 1 unspecified atom stereocenters. The van der Waals surface area contributed by atoms with E-state index in [-0.39, 0.29) is 18.4 Å². The van der Waals surface area contributed by atoms with Crippen molar-refractivity contribution in [3.8, 4) is 0 Å². The lowest BCUT2D eigenvalue weighted by Gasteiger charge is -2.41. The zero-order valence-electron chi connectivity index (χ0n) is 16.2. The van der Waals surface area contributed by atoms with Crippen molar-refractivity contribution in [1.82, 2.24) is 0 Å². The Morgan fingerprint density at radius 3 is 2.21 bits per heavy atom. The first kappa shape index (κ1) is 18.4. The Morgan fingerprint density at radius 1 is 0.929 bits per heavy atom. The van der Waals surface area contributed by atoms with Gasteiger partial charge >= 0.3 is 0 Å². The summed E-state index contributed by atoms with van der Waals surface area (Å²) in [5, 5.41) is 3.89. The summed E-state index contributed by atoms with van der Waals surface area (Å²) in [5.41, 5.74) is 5.54. The number of para-hydroxylation sites is 1. The molecule has 1 saturated heterocycles. The van der Waals surface area contributed by atoms with Gasteiger partial charge < -0.3 is 4.90 Å². The molecule has 0 radical (unpaired) electrons. The molecule has 2 amide bonds. The smallest absolute Gasteiger partial charge is 0.255 e. The molecule has 0 spiro atoms. The number of rotatable bonds is 3. The summed E-state index contributed by atoms with van der Waals surface area (Å²) in [7, 11) is 0. The van der Waals surface area contributed by atoms with E-state index in [9.17, 15) is 9.59 Å². The lowest BCUT2D eigenvalue weighted by atomic mass is 9.99. The maximum absolute atomic E-state index is 13.7. The highest BCUT2D eigenvalue weighted by Gasteiger charge is 2.42. The molecule has 1 aromatic heterocycles. The van der Waals surface area contributed by atoms with Gasteiger partial charge in [-0.25, -0.2) is 0 Å². The second-order valence-electron chi connectivity index (χ2n) is 7.22. The van der Waals surface area contributed by atoms with Crippen molar-refractivity contribution >= 4 is 34.5 Å². The third-order valence-corrected chi connectivity index (χ3v) is 5.90. The van der Waals surface area contributed by atoms with E-state index < -0.39 is 6.04 Å². The van der Waals surface area contributed by atoms with Gasteiger partial charge in [0.25, 0.3) is 5.91 Å². The number of thiophene rings is 1. The molecule has 0 aliphatic carbocycles. The van der Waals surface area contributed by atoms with Crippen LogP contribution in [0.4, 0.5) is 11.4 Å². The van der Waals surface area contributed by atoms with E-state index in [1.165, 1.54) is 11.3 Å². The summed E-state index contributed by atoms with van der Waals surface area (Å²) < 4.78 is 0. The number of carbonyl (C=O) groups excluding carboxylic acids is 2. The molecule has 0 saturated carbocycles. The van der Waals surface area contributed by atoms with Gasteiger partial charge in [-0.1, -0.05) is 35.9 Å². The van der Waals surface area contributed by atoms with Crippen molar-refractivity contribution in [2.45, 2.75) is 26.8 Å². The molecule has 1 aliphatic rings. The molecule has 142 valence electrons. The maximum Gasteiger partial charge on any atom is 0.255 e. The van der Waals surface area contributed by atoms with E-state index in [0.717, 1.165) is 33.6 Å². The van der Waals surface area contributed by atoms with Gasteiger partial charge in [0.2, 0.25) is 5.91 Å². The first-order valence-electron chi connectivity index (χ1n) is 9.26. The average Bonchev–Trinajstić information content (AvgIpc) is 3.19. The fraction of sp³-hybridized carbons (Fsp3) is 0.217. The van der Waals surface area contributed by atoms with E-state index in [0.29, 0.717) is 0 Å². The quantitative estimate of drug-likeness (QED) is 0.645. The number of carbonyl (C=O) groups is 2. The van der Waals surface area contributed by atoms with Crippen LogP contribution in [0.5, 0.6) is 0 Å². The monoisotopic (exact) mass is 390 g/mol. The van der Waals surface area contributed by atoms with Crippen LogP contribution >= 0.6 is 11.3 Å². The lowest BCUT2D eigenvalue weighted by Crippen LogP contribution is -2.56. The van der Waals surface area contributed by atoms with Crippen LogP contribution in [0.15, 0.2) is 59.3 Å². The van der Waals surface area contributed by atoms with Gasteiger partial charge in [0.05, 0.1) is 5.69 Å². The third kappa shape index (κ3) is 3.12. The van der Waals surface area contributed by atoms with Crippen LogP contribution in [-0.4, -0.2) is 18.4 Å². The van der Waals surface area contributed by atoms with Gasteiger partial charge in [0, 0.05) is 5.69 Å². The van der Waals surface area contributed by atoms with E-state index in [1.807, 2.05) is 80.1 Å². The van der Waals surface area contributed by atoms with Crippen LogP contribution in [-0.2, 0) is 9.59 Å². The standard InChI is InChI=1S/C23H22N2O2S/c1-15-7-9-19(10-8-15)25-20(26)13-24(21-16(2)5-4-6-17(21)3)23(27)22(25)18-11-12-28-14-18/h4-12,14,22H,13H2,1-3H3. The normalized spacial score (nSPS) is 17.3. The topological polar surface area (TPSA) is 40.6 Å². The summed E-state index contributed by atoms with van der Waals surface area (Å²) in [5.74, 6) is -0.154. The predicted molar refractivity (Wildman–Crippen MR) is 114 cm³/mol. The molecule has 0 bridgehead atoms. The molecule has 1 atom stereocenters. The first-order valence-corrected chi connectivity index (χ1v) is 10.2. The number of hydrogen-bond acceptors (Lipinski definition) is 3. The predicted octanol–water partition coefficient (Wildman–Crippen LogP) is 4.79. The average molecular weight is 391 g/mol. The Hall–Kier alpha value is -2.92. The first-order chi connectivity index (χ1) is 13.5. The SMILES string of the molecule is Cc1ccc(N2C(=O)CN(c3c(C)cccc3C)C(=O)C2c2ccsc2)cc1. The van der Waals surface area contributed by atoms with Gasteiger partial charge in [-0.3, -0.25) is 14.5 Å². The van der Waals surface area contributed by atoms with Crippen LogP contribution in [0, 0.1) is 20.8 Å². The van der Waals surface area contributed by atoms with Crippen LogP contribution < -0.4 is 9.80 Å². The Balaban J connectivity index is 1.83. The highest BCUT2D eigenvalue weighted by molar-refractivity contribution is 7.08. The second-order valence-corrected chi connectivity index (χ2v) is 8.00. The zero-order valence-corrected chi connectivity index (χ0v) is 17.0. The van der Waals surface area contributed by atoms with Gasteiger partial charge in [-0.2, -0.15) is 11.3 Å². The molecular weight excluding hydrogens is 368 g/mol. The number of benzene rings is 2. The van der Waals surface area contributed by atoms with E-state index >= 15 is 0 Å². The molecule has 2 aromatic carbocycles. The number of hydrogen-bond donors (Lipinski definition) is 0.